The summed E-state index contributed by atoms with van der Waals surface area (Å²) in [7, 11) is 0. The molecule has 0 amide bonds. The van der Waals surface area contributed by atoms with Crippen LogP contribution in [-0.4, -0.2) is 20.4 Å². The number of hydrogen-bond acceptors (Lipinski definition) is 5. The molecule has 0 unspecified atom stereocenters. The molecule has 0 saturated carbocycles. The average Bonchev–Trinajstić information content (AvgIpc) is 3.81. The van der Waals surface area contributed by atoms with Gasteiger partial charge >= 0.3 is 21.1 Å². The molecule has 0 aliphatic carbocycles. The number of fused-ring (bicyclic) bond motifs is 3. The van der Waals surface area contributed by atoms with Gasteiger partial charge in [0.25, 0.3) is 0 Å². The zero-order valence-electron chi connectivity index (χ0n) is 33.4. The Morgan fingerprint density at radius 3 is 2.03 bits per heavy atom. The van der Waals surface area contributed by atoms with Crippen LogP contribution in [0, 0.1) is 12.1 Å². The Balaban J connectivity index is 0.00000469. The van der Waals surface area contributed by atoms with E-state index in [1.807, 2.05) is 79.0 Å². The van der Waals surface area contributed by atoms with E-state index in [9.17, 15) is 0 Å². The van der Waals surface area contributed by atoms with Crippen LogP contribution in [0.4, 0.5) is 0 Å². The van der Waals surface area contributed by atoms with Gasteiger partial charge in [0.1, 0.15) is 23.9 Å². The summed E-state index contributed by atoms with van der Waals surface area (Å²) in [6, 6.07) is 52.5. The van der Waals surface area contributed by atoms with Crippen molar-refractivity contribution in [1.29, 1.82) is 0 Å². The van der Waals surface area contributed by atoms with E-state index in [-0.39, 0.29) is 44.0 Å². The molecule has 4 heterocycles. The van der Waals surface area contributed by atoms with E-state index < -0.39 is 0 Å². The van der Waals surface area contributed by atoms with Crippen molar-refractivity contribution >= 4 is 27.7 Å². The van der Waals surface area contributed by atoms with E-state index in [0.29, 0.717) is 23.0 Å². The van der Waals surface area contributed by atoms with Crippen molar-refractivity contribution in [1.82, 2.24) is 14.5 Å². The summed E-state index contributed by atoms with van der Waals surface area (Å²) in [5.41, 5.74) is 8.83. The number of nitrogens with zero attached hydrogens (tertiary/aromatic N) is 4. The standard InChI is InChI=1S/C51H44N4O2.Pt/c1-50(2,3)37-20-23-44-42(30-37)41-22-21-39(32-45(41)55(44)46-31-38(24-26-53-46)51(4,5)6)56-40-28-35(43-19-13-14-25-52-43)27-36(29-40)49-54-47(33-15-9-7-10-16-33)48(57-49)34-17-11-8-12-18-34;/h7-28,30-31,47-48H,1-6H3;/q-2;+2/t47-,48-;/m1./s1. The summed E-state index contributed by atoms with van der Waals surface area (Å²) < 4.78 is 15.7. The summed E-state index contributed by atoms with van der Waals surface area (Å²) in [6.45, 7) is 13.4. The van der Waals surface area contributed by atoms with Gasteiger partial charge in [-0.1, -0.05) is 149 Å². The van der Waals surface area contributed by atoms with Crippen molar-refractivity contribution in [2.24, 2.45) is 4.99 Å². The van der Waals surface area contributed by atoms with E-state index >= 15 is 0 Å². The van der Waals surface area contributed by atoms with Crippen molar-refractivity contribution in [2.75, 3.05) is 0 Å². The molecule has 58 heavy (non-hydrogen) atoms. The Labute approximate surface area is 354 Å². The van der Waals surface area contributed by atoms with Crippen LogP contribution in [0.5, 0.6) is 11.5 Å². The molecule has 6 nitrogen and oxygen atoms in total. The fourth-order valence-corrected chi connectivity index (χ4v) is 7.54. The molecule has 3 aromatic heterocycles. The number of aliphatic imine (C=N–C) groups is 1. The van der Waals surface area contributed by atoms with Crippen molar-refractivity contribution in [3.05, 3.63) is 186 Å². The zero-order valence-corrected chi connectivity index (χ0v) is 35.7. The fraction of sp³-hybridized carbons (Fsp3) is 0.196. The molecule has 0 radical (unpaired) electrons. The van der Waals surface area contributed by atoms with Gasteiger partial charge in [0.15, 0.2) is 0 Å². The molecule has 9 rings (SSSR count). The molecule has 8 aromatic rings. The van der Waals surface area contributed by atoms with Crippen molar-refractivity contribution in [3.63, 3.8) is 0 Å². The molecule has 0 bridgehead atoms. The maximum atomic E-state index is 6.74. The monoisotopic (exact) mass is 939 g/mol. The number of aromatic nitrogens is 3. The summed E-state index contributed by atoms with van der Waals surface area (Å²) in [5, 5.41) is 2.22. The number of ether oxygens (including phenoxy) is 2. The molecule has 7 heteroatoms. The summed E-state index contributed by atoms with van der Waals surface area (Å²) >= 11 is 0. The number of rotatable bonds is 7. The maximum absolute atomic E-state index is 6.74. The van der Waals surface area contributed by atoms with E-state index in [0.717, 1.165) is 50.0 Å². The Morgan fingerprint density at radius 1 is 0.621 bits per heavy atom. The summed E-state index contributed by atoms with van der Waals surface area (Å²) in [6.07, 6.45) is 3.39. The van der Waals surface area contributed by atoms with E-state index in [1.165, 1.54) is 11.1 Å². The van der Waals surface area contributed by atoms with Gasteiger partial charge in [-0.3, -0.25) is 9.98 Å². The molecule has 2 atom stereocenters. The van der Waals surface area contributed by atoms with Crippen LogP contribution in [0.25, 0.3) is 38.9 Å². The molecule has 1 aliphatic heterocycles. The maximum Gasteiger partial charge on any atom is 2.00 e. The Morgan fingerprint density at radius 2 is 1.33 bits per heavy atom. The van der Waals surface area contributed by atoms with E-state index in [2.05, 4.69) is 124 Å². The average molecular weight is 940 g/mol. The van der Waals surface area contributed by atoms with Gasteiger partial charge < -0.3 is 14.0 Å². The minimum absolute atomic E-state index is 0. The molecule has 290 valence electrons. The van der Waals surface area contributed by atoms with Crippen LogP contribution in [0.15, 0.2) is 151 Å². The van der Waals surface area contributed by atoms with Crippen molar-refractivity contribution < 1.29 is 30.5 Å². The molecule has 1 aliphatic rings. The van der Waals surface area contributed by atoms with Gasteiger partial charge in [-0.25, -0.2) is 4.98 Å². The molecule has 5 aromatic carbocycles. The largest absolute Gasteiger partial charge is 2.00 e. The van der Waals surface area contributed by atoms with Gasteiger partial charge in [0, 0.05) is 29.4 Å². The summed E-state index contributed by atoms with van der Waals surface area (Å²) in [4.78, 5) is 14.8. The molecule has 0 spiro atoms. The second kappa shape index (κ2) is 15.5. The minimum atomic E-state index is -0.304. The van der Waals surface area contributed by atoms with Gasteiger partial charge in [-0.2, -0.15) is 6.07 Å². The fourth-order valence-electron chi connectivity index (χ4n) is 7.54. The van der Waals surface area contributed by atoms with Crippen LogP contribution >= 0.6 is 0 Å². The topological polar surface area (TPSA) is 61.5 Å². The van der Waals surface area contributed by atoms with E-state index in [4.69, 9.17) is 19.5 Å². The van der Waals surface area contributed by atoms with Crippen LogP contribution < -0.4 is 4.74 Å². The second-order valence-corrected chi connectivity index (χ2v) is 16.8. The normalized spacial score (nSPS) is 15.5. The Bertz CT molecular complexity index is 2770. The smallest absolute Gasteiger partial charge is 0.510 e. The van der Waals surface area contributed by atoms with Crippen LogP contribution in [-0.2, 0) is 36.6 Å². The van der Waals surface area contributed by atoms with Gasteiger partial charge in [0.05, 0.1) is 5.69 Å². The van der Waals surface area contributed by atoms with Gasteiger partial charge in [0.2, 0.25) is 0 Å². The first-order valence-corrected chi connectivity index (χ1v) is 19.5. The number of benzene rings is 5. The van der Waals surface area contributed by atoms with Crippen LogP contribution in [0.2, 0.25) is 0 Å². The predicted octanol–water partition coefficient (Wildman–Crippen LogP) is 12.5. The first-order valence-electron chi connectivity index (χ1n) is 19.5. The predicted molar refractivity (Wildman–Crippen MR) is 229 cm³/mol. The number of pyridine rings is 2. The first kappa shape index (κ1) is 39.0. The zero-order chi connectivity index (χ0) is 39.3. The van der Waals surface area contributed by atoms with Crippen LogP contribution in [0.3, 0.4) is 0 Å². The van der Waals surface area contributed by atoms with Gasteiger partial charge in [-0.05, 0) is 68.8 Å². The molecular formula is C51H44N4O2Pt. The Kier molecular flexibility index (Phi) is 10.4. The SMILES string of the molecule is CC(C)(C)c1ccnc(-n2c3[c-]c(Oc4[c-]c(C5=N[C@H](c6ccccc6)[C@@H](c6ccccc6)O5)cc(-c5ccccn5)c4)ccc3c3cc(C(C)(C)C)ccc32)c1.[Pt+2]. The second-order valence-electron chi connectivity index (χ2n) is 16.8. The van der Waals surface area contributed by atoms with Crippen molar-refractivity contribution in [2.45, 2.75) is 64.5 Å². The quantitative estimate of drug-likeness (QED) is 0.149. The Hall–Kier alpha value is -5.84. The van der Waals surface area contributed by atoms with Crippen molar-refractivity contribution in [3.8, 4) is 28.6 Å². The third kappa shape index (κ3) is 7.62. The third-order valence-corrected chi connectivity index (χ3v) is 10.7. The minimum Gasteiger partial charge on any atom is -0.510 e. The molecule has 0 saturated heterocycles. The first-order chi connectivity index (χ1) is 27.5. The molecule has 0 N–H and O–H groups in total. The molecule has 0 fully saturated rings. The van der Waals surface area contributed by atoms with E-state index in [1.54, 1.807) is 6.20 Å². The molecular weight excluding hydrogens is 896 g/mol. The summed E-state index contributed by atoms with van der Waals surface area (Å²) in [5.74, 6) is 2.38. The van der Waals surface area contributed by atoms with Gasteiger partial charge in [-0.15, -0.1) is 23.6 Å². The van der Waals surface area contributed by atoms with Crippen LogP contribution in [0.1, 0.15) is 81.5 Å². The third-order valence-electron chi connectivity index (χ3n) is 10.7. The number of hydrogen-bond donors (Lipinski definition) is 0.